The third-order valence-corrected chi connectivity index (χ3v) is 2.72. The van der Waals surface area contributed by atoms with Crippen LogP contribution in [0.4, 0.5) is 0 Å². The van der Waals surface area contributed by atoms with E-state index in [0.29, 0.717) is 0 Å². The normalized spacial score (nSPS) is 10.7. The number of benzene rings is 1. The molecule has 0 nitrogen and oxygen atoms in total. The molecular weight excluding hydrogens is 152 g/mol. The van der Waals surface area contributed by atoms with Crippen molar-refractivity contribution < 1.29 is 0 Å². The van der Waals surface area contributed by atoms with Gasteiger partial charge in [-0.05, 0) is 25.3 Å². The fourth-order valence-electron chi connectivity index (χ4n) is 1.24. The first-order valence-corrected chi connectivity index (χ1v) is 4.46. The predicted molar refractivity (Wildman–Crippen MR) is 50.1 cm³/mol. The van der Waals surface area contributed by atoms with Gasteiger partial charge >= 0.3 is 0 Å². The van der Waals surface area contributed by atoms with E-state index in [4.69, 9.17) is 0 Å². The Labute approximate surface area is 70.5 Å². The van der Waals surface area contributed by atoms with Gasteiger partial charge in [-0.2, -0.15) is 0 Å². The van der Waals surface area contributed by atoms with Crippen molar-refractivity contribution in [3.05, 3.63) is 34.0 Å². The van der Waals surface area contributed by atoms with E-state index in [0.717, 1.165) is 0 Å². The third kappa shape index (κ3) is 1.05. The van der Waals surface area contributed by atoms with Crippen LogP contribution in [0.3, 0.4) is 0 Å². The maximum absolute atomic E-state index is 3.27. The molecule has 1 aromatic carbocycles. The van der Waals surface area contributed by atoms with E-state index in [-0.39, 0.29) is 0 Å². The zero-order valence-corrected chi connectivity index (χ0v) is 7.46. The number of aryl methyl sites for hydroxylation is 2. The third-order valence-electron chi connectivity index (χ3n) is 1.87. The second-order valence-corrected chi connectivity index (χ2v) is 3.83. The van der Waals surface area contributed by atoms with Crippen molar-refractivity contribution in [3.8, 4) is 0 Å². The standard InChI is InChI=1S/C10H9S/c1-7-3-4-10-8(2)11-6-9(10)5-7/h3-5H,1-2H3. The average Bonchev–Trinajstić information content (AvgIpc) is 2.32. The monoisotopic (exact) mass is 161 g/mol. The van der Waals surface area contributed by atoms with Crippen LogP contribution in [0.15, 0.2) is 18.2 Å². The summed E-state index contributed by atoms with van der Waals surface area (Å²) < 4.78 is 0. The fourth-order valence-corrected chi connectivity index (χ4v) is 1.96. The lowest BCUT2D eigenvalue weighted by Gasteiger charge is -1.92. The van der Waals surface area contributed by atoms with Gasteiger partial charge in [0.05, 0.1) is 5.38 Å². The van der Waals surface area contributed by atoms with Gasteiger partial charge in [-0.25, -0.2) is 0 Å². The molecule has 1 aromatic heterocycles. The van der Waals surface area contributed by atoms with Crippen LogP contribution in [-0.2, 0) is 0 Å². The molecule has 2 aromatic rings. The van der Waals surface area contributed by atoms with E-state index in [1.165, 1.54) is 21.2 Å². The molecule has 0 atom stereocenters. The molecule has 1 radical (unpaired) electrons. The van der Waals surface area contributed by atoms with Gasteiger partial charge in [0, 0.05) is 10.3 Å². The number of hydrogen-bond donors (Lipinski definition) is 0. The Morgan fingerprint density at radius 2 is 2.09 bits per heavy atom. The molecule has 0 aliphatic rings. The summed E-state index contributed by atoms with van der Waals surface area (Å²) in [7, 11) is 0. The number of rotatable bonds is 0. The molecule has 0 spiro atoms. The lowest BCUT2D eigenvalue weighted by molar-refractivity contribution is 1.51. The highest BCUT2D eigenvalue weighted by Gasteiger charge is 1.98. The van der Waals surface area contributed by atoms with Crippen molar-refractivity contribution in [2.24, 2.45) is 0 Å². The second kappa shape index (κ2) is 2.35. The smallest absolute Gasteiger partial charge is 0.0530 e. The van der Waals surface area contributed by atoms with Gasteiger partial charge in [-0.1, -0.05) is 17.7 Å². The Morgan fingerprint density at radius 1 is 1.27 bits per heavy atom. The summed E-state index contributed by atoms with van der Waals surface area (Å²) in [5, 5.41) is 5.88. The number of thiophene rings is 1. The van der Waals surface area contributed by atoms with Gasteiger partial charge in [0.2, 0.25) is 0 Å². The van der Waals surface area contributed by atoms with Gasteiger partial charge in [-0.3, -0.25) is 0 Å². The van der Waals surface area contributed by atoms with Gasteiger partial charge in [0.25, 0.3) is 0 Å². The molecule has 0 amide bonds. The number of fused-ring (bicyclic) bond motifs is 1. The Bertz CT molecular complexity index is 385. The first-order chi connectivity index (χ1) is 5.27. The largest absolute Gasteiger partial charge is 0.138 e. The van der Waals surface area contributed by atoms with Gasteiger partial charge in [0.1, 0.15) is 0 Å². The Morgan fingerprint density at radius 3 is 2.91 bits per heavy atom. The topological polar surface area (TPSA) is 0 Å². The minimum atomic E-state index is 1.26. The average molecular weight is 161 g/mol. The second-order valence-electron chi connectivity index (χ2n) is 2.81. The van der Waals surface area contributed by atoms with Crippen LogP contribution < -0.4 is 0 Å². The molecule has 1 heteroatoms. The van der Waals surface area contributed by atoms with Crippen LogP contribution in [0.25, 0.3) is 10.8 Å². The van der Waals surface area contributed by atoms with Crippen molar-refractivity contribution in [1.29, 1.82) is 0 Å². The molecule has 0 aliphatic carbocycles. The van der Waals surface area contributed by atoms with Crippen molar-refractivity contribution in [2.75, 3.05) is 0 Å². The molecule has 0 aliphatic heterocycles. The van der Waals surface area contributed by atoms with Crippen LogP contribution >= 0.6 is 11.3 Å². The molecule has 0 N–H and O–H groups in total. The molecule has 0 bridgehead atoms. The fraction of sp³-hybridized carbons (Fsp3) is 0.200. The summed E-state index contributed by atoms with van der Waals surface area (Å²) in [4.78, 5) is 1.36. The van der Waals surface area contributed by atoms with Gasteiger partial charge < -0.3 is 0 Å². The summed E-state index contributed by atoms with van der Waals surface area (Å²) in [6.45, 7) is 4.25. The summed E-state index contributed by atoms with van der Waals surface area (Å²) >= 11 is 1.70. The van der Waals surface area contributed by atoms with Crippen molar-refractivity contribution in [3.63, 3.8) is 0 Å². The zero-order chi connectivity index (χ0) is 7.84. The lowest BCUT2D eigenvalue weighted by atomic mass is 10.1. The van der Waals surface area contributed by atoms with Gasteiger partial charge in [-0.15, -0.1) is 11.3 Å². The first kappa shape index (κ1) is 6.86. The van der Waals surface area contributed by atoms with E-state index in [9.17, 15) is 0 Å². The van der Waals surface area contributed by atoms with Gasteiger partial charge in [0.15, 0.2) is 0 Å². The zero-order valence-electron chi connectivity index (χ0n) is 6.64. The first-order valence-electron chi connectivity index (χ1n) is 3.65. The van der Waals surface area contributed by atoms with E-state index in [2.05, 4.69) is 37.4 Å². The van der Waals surface area contributed by atoms with E-state index in [1.54, 1.807) is 11.3 Å². The van der Waals surface area contributed by atoms with E-state index >= 15 is 0 Å². The molecule has 0 saturated carbocycles. The highest BCUT2D eigenvalue weighted by Crippen LogP contribution is 2.24. The molecule has 0 fully saturated rings. The van der Waals surface area contributed by atoms with Crippen LogP contribution in [0.5, 0.6) is 0 Å². The quantitative estimate of drug-likeness (QED) is 0.556. The molecule has 55 valence electrons. The summed E-state index contributed by atoms with van der Waals surface area (Å²) in [5.41, 5.74) is 1.31. The Balaban J connectivity index is 2.86. The SMILES string of the molecule is Cc1ccc2c(C)s[c]c2c1. The highest BCUT2D eigenvalue weighted by molar-refractivity contribution is 7.11. The van der Waals surface area contributed by atoms with E-state index in [1.807, 2.05) is 0 Å². The molecule has 2 rings (SSSR count). The number of hydrogen-bond acceptors (Lipinski definition) is 1. The maximum atomic E-state index is 3.27. The Kier molecular flexibility index (Phi) is 1.46. The minimum absolute atomic E-state index is 1.26. The molecule has 11 heavy (non-hydrogen) atoms. The summed E-state index contributed by atoms with van der Waals surface area (Å²) in [6, 6.07) is 6.50. The maximum Gasteiger partial charge on any atom is 0.0530 e. The van der Waals surface area contributed by atoms with Crippen LogP contribution in [0.1, 0.15) is 10.4 Å². The molecular formula is C10H9S. The molecule has 0 saturated heterocycles. The van der Waals surface area contributed by atoms with Crippen molar-refractivity contribution in [2.45, 2.75) is 13.8 Å². The molecule has 1 heterocycles. The molecule has 0 unspecified atom stereocenters. The van der Waals surface area contributed by atoms with Crippen LogP contribution in [-0.4, -0.2) is 0 Å². The summed E-state index contributed by atoms with van der Waals surface area (Å²) in [5.74, 6) is 0. The minimum Gasteiger partial charge on any atom is -0.138 e. The predicted octanol–water partition coefficient (Wildman–Crippen LogP) is 3.32. The Hall–Kier alpha value is -0.820. The van der Waals surface area contributed by atoms with Crippen LogP contribution in [0, 0.1) is 19.2 Å². The van der Waals surface area contributed by atoms with Crippen molar-refractivity contribution in [1.82, 2.24) is 0 Å². The lowest BCUT2D eigenvalue weighted by Crippen LogP contribution is -1.70. The van der Waals surface area contributed by atoms with Crippen molar-refractivity contribution >= 4 is 22.1 Å². The highest BCUT2D eigenvalue weighted by atomic mass is 32.1. The van der Waals surface area contributed by atoms with E-state index < -0.39 is 0 Å². The summed E-state index contributed by atoms with van der Waals surface area (Å²) in [6.07, 6.45) is 0. The van der Waals surface area contributed by atoms with Crippen LogP contribution in [0.2, 0.25) is 0 Å².